The van der Waals surface area contributed by atoms with Gasteiger partial charge in [-0.25, -0.2) is 18.7 Å². The summed E-state index contributed by atoms with van der Waals surface area (Å²) in [5.74, 6) is -1.04. The standard InChI is InChI=1S/C15H13ClF2N4/c1-7-2-3-12-20-14-9(17)4-8(5-11(14)22(7)12)13-10(18)6-19-15(16)21-13/h4-7,12,20H,2-3H2,1H3. The fourth-order valence-electron chi connectivity index (χ4n) is 3.32. The molecule has 114 valence electrons. The summed E-state index contributed by atoms with van der Waals surface area (Å²) in [5, 5.41) is 3.13. The van der Waals surface area contributed by atoms with Crippen LogP contribution in [0.1, 0.15) is 19.8 Å². The molecule has 0 saturated carbocycles. The van der Waals surface area contributed by atoms with Crippen molar-refractivity contribution in [1.82, 2.24) is 9.97 Å². The van der Waals surface area contributed by atoms with Crippen molar-refractivity contribution < 1.29 is 8.78 Å². The number of halogens is 3. The van der Waals surface area contributed by atoms with Crippen molar-refractivity contribution >= 4 is 23.0 Å². The Hall–Kier alpha value is -1.95. The monoisotopic (exact) mass is 322 g/mol. The summed E-state index contributed by atoms with van der Waals surface area (Å²) in [5.41, 5.74) is 1.59. The minimum atomic E-state index is -0.624. The molecule has 3 heterocycles. The Labute approximate surface area is 131 Å². The quantitative estimate of drug-likeness (QED) is 0.810. The Kier molecular flexibility index (Phi) is 2.97. The molecule has 1 N–H and O–H groups in total. The van der Waals surface area contributed by atoms with E-state index in [1.54, 1.807) is 6.07 Å². The lowest BCUT2D eigenvalue weighted by Crippen LogP contribution is -2.33. The number of benzene rings is 1. The molecule has 1 saturated heterocycles. The molecule has 0 aliphatic carbocycles. The minimum absolute atomic E-state index is 0.0111. The number of rotatable bonds is 1. The first kappa shape index (κ1) is 13.7. The predicted octanol–water partition coefficient (Wildman–Crippen LogP) is 3.82. The van der Waals surface area contributed by atoms with Crippen LogP contribution >= 0.6 is 11.6 Å². The maximum Gasteiger partial charge on any atom is 0.223 e. The molecule has 1 fully saturated rings. The van der Waals surface area contributed by atoms with Gasteiger partial charge < -0.3 is 10.2 Å². The number of hydrogen-bond donors (Lipinski definition) is 1. The van der Waals surface area contributed by atoms with Gasteiger partial charge in [-0.1, -0.05) is 0 Å². The lowest BCUT2D eigenvalue weighted by Gasteiger charge is -2.23. The van der Waals surface area contributed by atoms with Crippen molar-refractivity contribution in [3.05, 3.63) is 35.2 Å². The van der Waals surface area contributed by atoms with Crippen molar-refractivity contribution in [2.24, 2.45) is 0 Å². The lowest BCUT2D eigenvalue weighted by molar-refractivity contribution is 0.616. The van der Waals surface area contributed by atoms with E-state index in [1.807, 2.05) is 0 Å². The lowest BCUT2D eigenvalue weighted by atomic mass is 10.1. The minimum Gasteiger partial charge on any atom is -0.361 e. The van der Waals surface area contributed by atoms with E-state index in [2.05, 4.69) is 27.1 Å². The van der Waals surface area contributed by atoms with Crippen LogP contribution in [-0.4, -0.2) is 22.2 Å². The second-order valence-corrected chi connectivity index (χ2v) is 6.02. The molecule has 2 aliphatic heterocycles. The van der Waals surface area contributed by atoms with Gasteiger partial charge in [0.2, 0.25) is 5.28 Å². The average molecular weight is 323 g/mol. The van der Waals surface area contributed by atoms with Gasteiger partial charge in [0, 0.05) is 11.6 Å². The Balaban J connectivity index is 1.87. The normalized spacial score (nSPS) is 22.5. The van der Waals surface area contributed by atoms with E-state index in [-0.39, 0.29) is 17.1 Å². The summed E-state index contributed by atoms with van der Waals surface area (Å²) in [6.07, 6.45) is 3.10. The fourth-order valence-corrected chi connectivity index (χ4v) is 3.45. The summed E-state index contributed by atoms with van der Waals surface area (Å²) in [6.45, 7) is 2.10. The van der Waals surface area contributed by atoms with Gasteiger partial charge in [0.25, 0.3) is 0 Å². The van der Waals surface area contributed by atoms with Crippen molar-refractivity contribution in [2.45, 2.75) is 32.0 Å². The highest BCUT2D eigenvalue weighted by atomic mass is 35.5. The Morgan fingerprint density at radius 2 is 2.09 bits per heavy atom. The van der Waals surface area contributed by atoms with E-state index in [1.165, 1.54) is 6.07 Å². The van der Waals surface area contributed by atoms with Crippen LogP contribution in [-0.2, 0) is 0 Å². The molecule has 2 unspecified atom stereocenters. The number of hydrogen-bond acceptors (Lipinski definition) is 4. The van der Waals surface area contributed by atoms with Crippen LogP contribution < -0.4 is 10.2 Å². The number of nitrogens with zero attached hydrogens (tertiary/aromatic N) is 3. The molecule has 0 amide bonds. The first-order valence-electron chi connectivity index (χ1n) is 7.11. The van der Waals surface area contributed by atoms with Crippen molar-refractivity contribution in [1.29, 1.82) is 0 Å². The number of fused-ring (bicyclic) bond motifs is 3. The summed E-state index contributed by atoms with van der Waals surface area (Å²) < 4.78 is 28.4. The molecule has 4 rings (SSSR count). The van der Waals surface area contributed by atoms with Gasteiger partial charge in [-0.2, -0.15) is 0 Å². The highest BCUT2D eigenvalue weighted by Gasteiger charge is 2.38. The van der Waals surface area contributed by atoms with Crippen LogP contribution in [0.4, 0.5) is 20.2 Å². The third-order valence-electron chi connectivity index (χ3n) is 4.32. The molecule has 4 nitrogen and oxygen atoms in total. The zero-order valence-electron chi connectivity index (χ0n) is 11.8. The summed E-state index contributed by atoms with van der Waals surface area (Å²) in [6, 6.07) is 3.35. The number of aromatic nitrogens is 2. The molecule has 0 bridgehead atoms. The van der Waals surface area contributed by atoms with Crippen molar-refractivity contribution in [3.8, 4) is 11.3 Å². The molecule has 7 heteroatoms. The van der Waals surface area contributed by atoms with Crippen LogP contribution in [0.2, 0.25) is 5.28 Å². The summed E-state index contributed by atoms with van der Waals surface area (Å²) >= 11 is 5.73. The molecule has 2 aliphatic rings. The number of anilines is 2. The van der Waals surface area contributed by atoms with E-state index in [4.69, 9.17) is 11.6 Å². The molecule has 1 aromatic heterocycles. The van der Waals surface area contributed by atoms with Crippen LogP contribution in [0.15, 0.2) is 18.3 Å². The SMILES string of the molecule is CC1CCC2Nc3c(F)cc(-c4nc(Cl)ncc4F)cc3N12. The zero-order valence-corrected chi connectivity index (χ0v) is 12.5. The average Bonchev–Trinajstić information content (AvgIpc) is 3.02. The van der Waals surface area contributed by atoms with Crippen LogP contribution in [0.25, 0.3) is 11.3 Å². The Morgan fingerprint density at radius 1 is 1.27 bits per heavy atom. The largest absolute Gasteiger partial charge is 0.361 e. The highest BCUT2D eigenvalue weighted by Crippen LogP contribution is 2.45. The van der Waals surface area contributed by atoms with E-state index in [0.29, 0.717) is 17.3 Å². The van der Waals surface area contributed by atoms with Crippen LogP contribution in [0.5, 0.6) is 0 Å². The second-order valence-electron chi connectivity index (χ2n) is 5.68. The molecule has 1 aromatic carbocycles. The summed E-state index contributed by atoms with van der Waals surface area (Å²) in [4.78, 5) is 9.62. The molecular weight excluding hydrogens is 310 g/mol. The topological polar surface area (TPSA) is 41.1 Å². The smallest absolute Gasteiger partial charge is 0.223 e. The zero-order chi connectivity index (χ0) is 15.4. The predicted molar refractivity (Wildman–Crippen MR) is 81.0 cm³/mol. The molecule has 22 heavy (non-hydrogen) atoms. The van der Waals surface area contributed by atoms with E-state index in [9.17, 15) is 8.78 Å². The number of nitrogens with one attached hydrogen (secondary N) is 1. The van der Waals surface area contributed by atoms with Crippen molar-refractivity contribution in [3.63, 3.8) is 0 Å². The first-order chi connectivity index (χ1) is 10.5. The fraction of sp³-hybridized carbons (Fsp3) is 0.333. The molecular formula is C15H13ClF2N4. The first-order valence-corrected chi connectivity index (χ1v) is 7.49. The molecule has 0 spiro atoms. The third kappa shape index (κ3) is 1.94. The summed E-state index contributed by atoms with van der Waals surface area (Å²) in [7, 11) is 0. The van der Waals surface area contributed by atoms with Gasteiger partial charge in [0.15, 0.2) is 5.82 Å². The Morgan fingerprint density at radius 3 is 2.91 bits per heavy atom. The highest BCUT2D eigenvalue weighted by molar-refractivity contribution is 6.28. The van der Waals surface area contributed by atoms with E-state index in [0.717, 1.165) is 24.7 Å². The molecule has 0 radical (unpaired) electrons. The van der Waals surface area contributed by atoms with Gasteiger partial charge >= 0.3 is 0 Å². The Bertz CT molecular complexity index is 767. The van der Waals surface area contributed by atoms with Gasteiger partial charge in [-0.05, 0) is 43.5 Å². The second kappa shape index (κ2) is 4.78. The van der Waals surface area contributed by atoms with Gasteiger partial charge in [0.05, 0.1) is 23.7 Å². The van der Waals surface area contributed by atoms with Crippen LogP contribution in [0.3, 0.4) is 0 Å². The van der Waals surface area contributed by atoms with Gasteiger partial charge in [0.1, 0.15) is 11.5 Å². The third-order valence-corrected chi connectivity index (χ3v) is 4.50. The van der Waals surface area contributed by atoms with E-state index < -0.39 is 11.6 Å². The van der Waals surface area contributed by atoms with Gasteiger partial charge in [-0.3, -0.25) is 0 Å². The maximum atomic E-state index is 14.4. The van der Waals surface area contributed by atoms with Crippen LogP contribution in [0, 0.1) is 11.6 Å². The maximum absolute atomic E-state index is 14.4. The molecule has 2 aromatic rings. The van der Waals surface area contributed by atoms with Gasteiger partial charge in [-0.15, -0.1) is 0 Å². The van der Waals surface area contributed by atoms with Crippen molar-refractivity contribution in [2.75, 3.05) is 10.2 Å². The molecule has 2 atom stereocenters. The van der Waals surface area contributed by atoms with E-state index >= 15 is 0 Å².